The van der Waals surface area contributed by atoms with Gasteiger partial charge >= 0.3 is 0 Å². The fourth-order valence-corrected chi connectivity index (χ4v) is 4.23. The van der Waals surface area contributed by atoms with Crippen molar-refractivity contribution in [3.63, 3.8) is 0 Å². The van der Waals surface area contributed by atoms with E-state index in [0.29, 0.717) is 5.69 Å². The summed E-state index contributed by atoms with van der Waals surface area (Å²) in [5.41, 5.74) is 0.443. The highest BCUT2D eigenvalue weighted by Gasteiger charge is 2.41. The Labute approximate surface area is 158 Å². The molecule has 134 valence electrons. The molecule has 0 unspecified atom stereocenters. The van der Waals surface area contributed by atoms with Crippen LogP contribution in [0.2, 0.25) is 0 Å². The van der Waals surface area contributed by atoms with E-state index < -0.39 is 11.2 Å². The second-order valence-corrected chi connectivity index (χ2v) is 7.21. The largest absolute Gasteiger partial charge is 0.545 e. The smallest absolute Gasteiger partial charge is 0.247 e. The first-order valence-electron chi connectivity index (χ1n) is 8.24. The van der Waals surface area contributed by atoms with E-state index in [9.17, 15) is 19.5 Å². The lowest BCUT2D eigenvalue weighted by atomic mass is 10.1. The van der Waals surface area contributed by atoms with Crippen molar-refractivity contribution in [2.45, 2.75) is 16.7 Å². The van der Waals surface area contributed by atoms with Crippen molar-refractivity contribution < 1.29 is 19.5 Å². The summed E-state index contributed by atoms with van der Waals surface area (Å²) in [6.07, 6.45) is 1.42. The number of thioether (sulfide) groups is 1. The van der Waals surface area contributed by atoms with Gasteiger partial charge in [0.25, 0.3) is 0 Å². The Morgan fingerprint density at radius 1 is 1.07 bits per heavy atom. The summed E-state index contributed by atoms with van der Waals surface area (Å²) in [4.78, 5) is 42.0. The van der Waals surface area contributed by atoms with Gasteiger partial charge in [-0.1, -0.05) is 48.2 Å². The van der Waals surface area contributed by atoms with Gasteiger partial charge in [0.15, 0.2) is 0 Å². The van der Waals surface area contributed by atoms with Gasteiger partial charge in [0.05, 0.1) is 16.9 Å². The number of hydrogen-bond acceptors (Lipinski definition) is 6. The summed E-state index contributed by atoms with van der Waals surface area (Å²) in [6.45, 7) is 0. The van der Waals surface area contributed by atoms with Crippen molar-refractivity contribution in [3.05, 3.63) is 66.4 Å². The number of nitrogens with zero attached hydrogens (tertiary/aromatic N) is 2. The van der Waals surface area contributed by atoms with Gasteiger partial charge < -0.3 is 9.90 Å². The van der Waals surface area contributed by atoms with E-state index in [2.05, 4.69) is 4.98 Å². The number of carboxylic acid groups (broad SMARTS) is 1. The SMILES string of the molecule is O=C([O-])c1cccnc1S[C@H]1CC(=O)N(c2cccc3ccccc23)C1=O. The lowest BCUT2D eigenvalue weighted by Gasteiger charge is -2.17. The number of fused-ring (bicyclic) bond motifs is 1. The number of imide groups is 1. The third-order valence-corrected chi connectivity index (χ3v) is 5.56. The van der Waals surface area contributed by atoms with Gasteiger partial charge in [-0.15, -0.1) is 0 Å². The molecule has 0 bridgehead atoms. The van der Waals surface area contributed by atoms with Crippen molar-refractivity contribution in [1.29, 1.82) is 0 Å². The second-order valence-electron chi connectivity index (χ2n) is 6.02. The maximum Gasteiger partial charge on any atom is 0.247 e. The molecule has 1 aliphatic rings. The molecule has 1 aromatic heterocycles. The van der Waals surface area contributed by atoms with Crippen LogP contribution in [0, 0.1) is 0 Å². The molecule has 3 aromatic rings. The molecular formula is C20H13N2O4S-. The minimum Gasteiger partial charge on any atom is -0.545 e. The van der Waals surface area contributed by atoms with Crippen LogP contribution in [-0.4, -0.2) is 28.0 Å². The van der Waals surface area contributed by atoms with Crippen molar-refractivity contribution >= 4 is 46.0 Å². The molecule has 2 aromatic carbocycles. The van der Waals surface area contributed by atoms with E-state index in [4.69, 9.17) is 0 Å². The van der Waals surface area contributed by atoms with Crippen LogP contribution in [0.1, 0.15) is 16.8 Å². The van der Waals surface area contributed by atoms with Crippen LogP contribution in [0.5, 0.6) is 0 Å². The first kappa shape index (κ1) is 17.2. The van der Waals surface area contributed by atoms with Crippen LogP contribution in [-0.2, 0) is 9.59 Å². The standard InChI is InChI=1S/C20H14N2O4S/c23-17-11-16(27-18-14(20(25)26)8-4-10-21-18)19(24)22(17)15-9-3-6-12-5-1-2-7-13(12)15/h1-10,16H,11H2,(H,25,26)/p-1/t16-/m0/s1. The molecular weight excluding hydrogens is 364 g/mol. The van der Waals surface area contributed by atoms with E-state index in [0.717, 1.165) is 22.5 Å². The zero-order valence-electron chi connectivity index (χ0n) is 14.0. The number of pyridine rings is 1. The summed E-state index contributed by atoms with van der Waals surface area (Å²) >= 11 is 0.978. The number of carbonyl (C=O) groups is 3. The number of aromatic nitrogens is 1. The summed E-state index contributed by atoms with van der Waals surface area (Å²) < 4.78 is 0. The molecule has 7 heteroatoms. The Morgan fingerprint density at radius 3 is 2.67 bits per heavy atom. The third-order valence-electron chi connectivity index (χ3n) is 4.36. The normalized spacial score (nSPS) is 16.9. The second kappa shape index (κ2) is 6.85. The molecule has 0 radical (unpaired) electrons. The molecule has 4 rings (SSSR count). The summed E-state index contributed by atoms with van der Waals surface area (Å²) in [5, 5.41) is 12.4. The summed E-state index contributed by atoms with van der Waals surface area (Å²) in [6, 6.07) is 15.8. The average Bonchev–Trinajstić information content (AvgIpc) is 2.95. The van der Waals surface area contributed by atoms with Crippen LogP contribution in [0.15, 0.2) is 65.8 Å². The van der Waals surface area contributed by atoms with Gasteiger partial charge in [-0.3, -0.25) is 9.59 Å². The molecule has 6 nitrogen and oxygen atoms in total. The zero-order chi connectivity index (χ0) is 19.0. The zero-order valence-corrected chi connectivity index (χ0v) is 14.8. The first-order valence-corrected chi connectivity index (χ1v) is 9.12. The number of carboxylic acids is 1. The van der Waals surface area contributed by atoms with Crippen LogP contribution in [0.25, 0.3) is 10.8 Å². The summed E-state index contributed by atoms with van der Waals surface area (Å²) in [7, 11) is 0. The number of hydrogen-bond donors (Lipinski definition) is 0. The number of amides is 2. The molecule has 27 heavy (non-hydrogen) atoms. The van der Waals surface area contributed by atoms with Crippen molar-refractivity contribution in [2.75, 3.05) is 4.90 Å². The van der Waals surface area contributed by atoms with Crippen LogP contribution in [0.4, 0.5) is 5.69 Å². The molecule has 0 N–H and O–H groups in total. The minimum atomic E-state index is -1.37. The highest BCUT2D eigenvalue weighted by atomic mass is 32.2. The van der Waals surface area contributed by atoms with Crippen LogP contribution in [0.3, 0.4) is 0 Å². The van der Waals surface area contributed by atoms with Gasteiger partial charge in [0.1, 0.15) is 5.03 Å². The molecule has 1 atom stereocenters. The van der Waals surface area contributed by atoms with Crippen molar-refractivity contribution in [2.24, 2.45) is 0 Å². The molecule has 1 aliphatic heterocycles. The Balaban J connectivity index is 1.68. The Bertz CT molecular complexity index is 1080. The number of carbonyl (C=O) groups excluding carboxylic acids is 3. The Morgan fingerprint density at radius 2 is 1.85 bits per heavy atom. The molecule has 1 fully saturated rings. The Kier molecular flexibility index (Phi) is 4.37. The third kappa shape index (κ3) is 3.06. The maximum absolute atomic E-state index is 12.9. The predicted octanol–water partition coefficient (Wildman–Crippen LogP) is 2.02. The molecule has 2 amide bonds. The maximum atomic E-state index is 12.9. The lowest BCUT2D eigenvalue weighted by Crippen LogP contribution is -2.31. The van der Waals surface area contributed by atoms with Crippen LogP contribution >= 0.6 is 11.8 Å². The monoisotopic (exact) mass is 377 g/mol. The van der Waals surface area contributed by atoms with Gasteiger partial charge in [0, 0.05) is 23.6 Å². The molecule has 0 aliphatic carbocycles. The van der Waals surface area contributed by atoms with Crippen molar-refractivity contribution in [3.8, 4) is 0 Å². The van der Waals surface area contributed by atoms with E-state index in [1.807, 2.05) is 30.3 Å². The molecule has 2 heterocycles. The predicted molar refractivity (Wildman–Crippen MR) is 99.3 cm³/mol. The number of anilines is 1. The molecule has 0 spiro atoms. The van der Waals surface area contributed by atoms with E-state index in [1.54, 1.807) is 12.1 Å². The van der Waals surface area contributed by atoms with Gasteiger partial charge in [-0.05, 0) is 23.6 Å². The minimum absolute atomic E-state index is 0.0181. The fraction of sp³-hybridized carbons (Fsp3) is 0.100. The lowest BCUT2D eigenvalue weighted by molar-refractivity contribution is -0.255. The molecule has 1 saturated heterocycles. The van der Waals surface area contributed by atoms with E-state index in [1.165, 1.54) is 23.2 Å². The number of benzene rings is 2. The van der Waals surface area contributed by atoms with Gasteiger partial charge in [-0.25, -0.2) is 9.88 Å². The van der Waals surface area contributed by atoms with E-state index >= 15 is 0 Å². The highest BCUT2D eigenvalue weighted by molar-refractivity contribution is 8.00. The average molecular weight is 377 g/mol. The summed E-state index contributed by atoms with van der Waals surface area (Å²) in [5.74, 6) is -2.07. The van der Waals surface area contributed by atoms with E-state index in [-0.39, 0.29) is 28.8 Å². The fourth-order valence-electron chi connectivity index (χ4n) is 3.13. The Hall–Kier alpha value is -3.19. The van der Waals surface area contributed by atoms with Gasteiger partial charge in [0.2, 0.25) is 11.8 Å². The quantitative estimate of drug-likeness (QED) is 0.646. The van der Waals surface area contributed by atoms with Crippen molar-refractivity contribution in [1.82, 2.24) is 4.98 Å². The topological polar surface area (TPSA) is 90.4 Å². The van der Waals surface area contributed by atoms with Crippen LogP contribution < -0.4 is 10.0 Å². The highest BCUT2D eigenvalue weighted by Crippen LogP contribution is 2.36. The number of aromatic carboxylic acids is 1. The first-order chi connectivity index (χ1) is 13.1. The number of rotatable bonds is 4. The van der Waals surface area contributed by atoms with Gasteiger partial charge in [-0.2, -0.15) is 0 Å². The molecule has 0 saturated carbocycles.